The van der Waals surface area contributed by atoms with Crippen LogP contribution in [-0.4, -0.2) is 31.2 Å². The van der Waals surface area contributed by atoms with E-state index in [1.807, 2.05) is 33.0 Å². The number of nitrogens with one attached hydrogen (secondary N) is 2. The Balaban J connectivity index is 0.00000166. The fourth-order valence-electron chi connectivity index (χ4n) is 3.04. The van der Waals surface area contributed by atoms with Gasteiger partial charge in [0.05, 0.1) is 0 Å². The maximum absolute atomic E-state index is 12.5. The molecular formula is C26H32N2O2S. The Morgan fingerprint density at radius 2 is 1.10 bits per heavy atom. The molecule has 3 rings (SSSR count). The van der Waals surface area contributed by atoms with E-state index in [9.17, 15) is 9.59 Å². The molecule has 0 aromatic heterocycles. The van der Waals surface area contributed by atoms with Gasteiger partial charge < -0.3 is 10.6 Å². The Morgan fingerprint density at radius 1 is 0.677 bits per heavy atom. The Bertz CT molecular complexity index is 1010. The summed E-state index contributed by atoms with van der Waals surface area (Å²) in [5, 5.41) is 6.06. The molecule has 0 saturated carbocycles. The summed E-state index contributed by atoms with van der Waals surface area (Å²) in [5.41, 5.74) is 2.96. The van der Waals surface area contributed by atoms with Crippen molar-refractivity contribution in [3.05, 3.63) is 83.9 Å². The van der Waals surface area contributed by atoms with Gasteiger partial charge in [-0.1, -0.05) is 26.0 Å². The first-order valence-corrected chi connectivity index (χ1v) is 12.8. The van der Waals surface area contributed by atoms with Gasteiger partial charge in [-0.05, 0) is 89.9 Å². The Kier molecular flexibility index (Phi) is 8.46. The minimum absolute atomic E-state index is 0.0155. The highest BCUT2D eigenvalue weighted by Crippen LogP contribution is 2.56. The molecule has 0 radical (unpaired) electrons. The fourth-order valence-corrected chi connectivity index (χ4v) is 4.94. The van der Waals surface area contributed by atoms with Gasteiger partial charge in [0.2, 0.25) is 0 Å². The van der Waals surface area contributed by atoms with Gasteiger partial charge in [-0.25, -0.2) is 0 Å². The third kappa shape index (κ3) is 5.98. The van der Waals surface area contributed by atoms with Gasteiger partial charge in [-0.2, -0.15) is 10.0 Å². The SMILES string of the molecule is CC.CNc1ccc(S(C)(C)c2ccc(NC(=O)c3ccc(C(C)=O)cc3)cc2)cc1. The van der Waals surface area contributed by atoms with Crippen molar-refractivity contribution in [2.45, 2.75) is 30.6 Å². The number of amides is 1. The van der Waals surface area contributed by atoms with Crippen molar-refractivity contribution < 1.29 is 9.59 Å². The highest BCUT2D eigenvalue weighted by Gasteiger charge is 2.17. The molecule has 4 nitrogen and oxygen atoms in total. The molecule has 164 valence electrons. The molecule has 1 amide bonds. The summed E-state index contributed by atoms with van der Waals surface area (Å²) in [6, 6.07) is 23.2. The maximum atomic E-state index is 12.5. The van der Waals surface area contributed by atoms with Crippen molar-refractivity contribution in [1.82, 2.24) is 0 Å². The van der Waals surface area contributed by atoms with Crippen molar-refractivity contribution in [3.63, 3.8) is 0 Å². The number of hydrogen-bond donors (Lipinski definition) is 2. The van der Waals surface area contributed by atoms with E-state index in [0.717, 1.165) is 11.4 Å². The van der Waals surface area contributed by atoms with Gasteiger partial charge in [0.25, 0.3) is 5.91 Å². The molecule has 0 aliphatic heterocycles. The second-order valence-electron chi connectivity index (χ2n) is 7.21. The maximum Gasteiger partial charge on any atom is 0.255 e. The number of hydrogen-bond acceptors (Lipinski definition) is 3. The van der Waals surface area contributed by atoms with Crippen LogP contribution in [0.1, 0.15) is 41.5 Å². The minimum Gasteiger partial charge on any atom is -0.388 e. The van der Waals surface area contributed by atoms with E-state index in [2.05, 4.69) is 59.5 Å². The number of carbonyl (C=O) groups is 2. The van der Waals surface area contributed by atoms with E-state index in [1.54, 1.807) is 24.3 Å². The summed E-state index contributed by atoms with van der Waals surface area (Å²) in [5.74, 6) is -0.208. The molecule has 31 heavy (non-hydrogen) atoms. The quantitative estimate of drug-likeness (QED) is 0.423. The molecule has 3 aromatic rings. The predicted molar refractivity (Wildman–Crippen MR) is 134 cm³/mol. The zero-order valence-corrected chi connectivity index (χ0v) is 20.0. The first kappa shape index (κ1) is 24.2. The zero-order valence-electron chi connectivity index (χ0n) is 19.2. The van der Waals surface area contributed by atoms with Crippen LogP contribution in [0.4, 0.5) is 11.4 Å². The monoisotopic (exact) mass is 436 g/mol. The lowest BCUT2D eigenvalue weighted by Gasteiger charge is -2.32. The van der Waals surface area contributed by atoms with Gasteiger partial charge in [0, 0.05) is 29.5 Å². The van der Waals surface area contributed by atoms with E-state index in [4.69, 9.17) is 0 Å². The molecule has 0 unspecified atom stereocenters. The number of ketones is 1. The first-order valence-electron chi connectivity index (χ1n) is 10.3. The largest absolute Gasteiger partial charge is 0.388 e. The lowest BCUT2D eigenvalue weighted by atomic mass is 10.1. The molecular weight excluding hydrogens is 404 g/mol. The molecule has 0 heterocycles. The van der Waals surface area contributed by atoms with Crippen molar-refractivity contribution in [3.8, 4) is 0 Å². The Hall–Kier alpha value is -3.05. The molecule has 0 aliphatic carbocycles. The zero-order chi connectivity index (χ0) is 23.0. The number of benzene rings is 3. The van der Waals surface area contributed by atoms with Gasteiger partial charge in [-0.3, -0.25) is 9.59 Å². The normalized spacial score (nSPS) is 11.0. The molecule has 0 bridgehead atoms. The summed E-state index contributed by atoms with van der Waals surface area (Å²) in [4.78, 5) is 26.4. The molecule has 2 N–H and O–H groups in total. The van der Waals surface area contributed by atoms with E-state index in [1.165, 1.54) is 16.7 Å². The standard InChI is InChI=1S/C24H26N2O2S.C2H6/c1-17(27)18-5-7-19(8-6-18)24(28)26-21-11-15-23(16-12-21)29(3,4)22-13-9-20(25-2)10-14-22;1-2/h5-16,25H,1-4H3,(H,26,28);1-2H3. The third-order valence-corrected chi connectivity index (χ3v) is 7.89. The average Bonchev–Trinajstić information content (AvgIpc) is 2.81. The van der Waals surface area contributed by atoms with Gasteiger partial charge in [-0.15, -0.1) is 0 Å². The van der Waals surface area contributed by atoms with Crippen LogP contribution >= 0.6 is 10.0 Å². The Labute approximate surface area is 187 Å². The van der Waals surface area contributed by atoms with Crippen LogP contribution in [0.15, 0.2) is 82.6 Å². The van der Waals surface area contributed by atoms with Crippen LogP contribution in [0.2, 0.25) is 0 Å². The molecule has 0 aliphatic rings. The predicted octanol–water partition coefficient (Wildman–Crippen LogP) is 6.69. The lowest BCUT2D eigenvalue weighted by molar-refractivity contribution is 0.101. The Morgan fingerprint density at radius 3 is 1.52 bits per heavy atom. The van der Waals surface area contributed by atoms with E-state index in [0.29, 0.717) is 11.1 Å². The highest BCUT2D eigenvalue weighted by molar-refractivity contribution is 8.32. The van der Waals surface area contributed by atoms with E-state index in [-0.39, 0.29) is 11.7 Å². The second kappa shape index (κ2) is 10.8. The average molecular weight is 437 g/mol. The third-order valence-electron chi connectivity index (χ3n) is 4.99. The number of anilines is 2. The van der Waals surface area contributed by atoms with Crippen LogP contribution in [0.25, 0.3) is 0 Å². The van der Waals surface area contributed by atoms with Crippen LogP contribution in [0.5, 0.6) is 0 Å². The van der Waals surface area contributed by atoms with Gasteiger partial charge >= 0.3 is 0 Å². The van der Waals surface area contributed by atoms with Crippen LogP contribution < -0.4 is 10.6 Å². The van der Waals surface area contributed by atoms with Crippen LogP contribution in [0.3, 0.4) is 0 Å². The molecule has 3 aromatic carbocycles. The van der Waals surface area contributed by atoms with Crippen molar-refractivity contribution in [2.75, 3.05) is 30.2 Å². The van der Waals surface area contributed by atoms with Gasteiger partial charge in [0.1, 0.15) is 0 Å². The minimum atomic E-state index is -1.15. The molecule has 0 atom stereocenters. The number of carbonyl (C=O) groups excluding carboxylic acids is 2. The topological polar surface area (TPSA) is 58.2 Å². The second-order valence-corrected chi connectivity index (χ2v) is 10.8. The smallest absolute Gasteiger partial charge is 0.255 e. The van der Waals surface area contributed by atoms with E-state index < -0.39 is 10.0 Å². The fraction of sp³-hybridized carbons (Fsp3) is 0.231. The summed E-state index contributed by atoms with van der Waals surface area (Å²) >= 11 is 0. The van der Waals surface area contributed by atoms with E-state index >= 15 is 0 Å². The van der Waals surface area contributed by atoms with Crippen molar-refractivity contribution in [1.29, 1.82) is 0 Å². The summed E-state index contributed by atoms with van der Waals surface area (Å²) < 4.78 is 0. The van der Waals surface area contributed by atoms with Gasteiger partial charge in [0.15, 0.2) is 5.78 Å². The molecule has 0 spiro atoms. The van der Waals surface area contributed by atoms with Crippen molar-refractivity contribution >= 4 is 33.1 Å². The summed E-state index contributed by atoms with van der Waals surface area (Å²) in [6.07, 6.45) is 4.54. The number of Topliss-reactive ketones (excluding diaryl/α,β-unsaturated/α-hetero) is 1. The van der Waals surface area contributed by atoms with Crippen molar-refractivity contribution in [2.24, 2.45) is 0 Å². The molecule has 5 heteroatoms. The molecule has 0 saturated heterocycles. The van der Waals surface area contributed by atoms with Crippen LogP contribution in [0, 0.1) is 0 Å². The highest BCUT2D eigenvalue weighted by atomic mass is 32.3. The summed E-state index contributed by atoms with van der Waals surface area (Å²) in [7, 11) is 0.768. The molecule has 0 fully saturated rings. The first-order chi connectivity index (χ1) is 14.8. The van der Waals surface area contributed by atoms with Crippen LogP contribution in [-0.2, 0) is 0 Å². The lowest BCUT2D eigenvalue weighted by Crippen LogP contribution is -2.12. The number of rotatable bonds is 6. The summed E-state index contributed by atoms with van der Waals surface area (Å²) in [6.45, 7) is 5.51.